The Bertz CT molecular complexity index is 508. The standard InChI is InChI=1S/C15H20N2OS/c1-10(12-7-5-9-19-12)16-17-14(18)13-11-6-3-4-8-15(11,13)2/h5,7,9,11,13H,3-4,6,8H2,1-2H3,(H,17,18)/b16-10+. The van der Waals surface area contributed by atoms with E-state index in [-0.39, 0.29) is 17.2 Å². The Kier molecular flexibility index (Phi) is 3.21. The first-order chi connectivity index (χ1) is 9.13. The van der Waals surface area contributed by atoms with Crippen molar-refractivity contribution in [2.24, 2.45) is 22.4 Å². The quantitative estimate of drug-likeness (QED) is 0.667. The number of hydrogen-bond donors (Lipinski definition) is 1. The number of amides is 1. The maximum Gasteiger partial charge on any atom is 0.244 e. The average molecular weight is 276 g/mol. The number of rotatable bonds is 3. The SMILES string of the molecule is C/C(=N\NC(=O)C1C2CCCCC21C)c1cccs1. The predicted octanol–water partition coefficient (Wildman–Crippen LogP) is 3.41. The minimum absolute atomic E-state index is 0.116. The molecular formula is C15H20N2OS. The van der Waals surface area contributed by atoms with E-state index < -0.39 is 0 Å². The monoisotopic (exact) mass is 276 g/mol. The first-order valence-electron chi connectivity index (χ1n) is 7.01. The van der Waals surface area contributed by atoms with E-state index in [9.17, 15) is 4.79 Å². The summed E-state index contributed by atoms with van der Waals surface area (Å²) in [5, 5.41) is 6.26. The van der Waals surface area contributed by atoms with Gasteiger partial charge in [-0.05, 0) is 42.5 Å². The van der Waals surface area contributed by atoms with Crippen LogP contribution in [0.4, 0.5) is 0 Å². The molecule has 2 saturated carbocycles. The molecule has 4 heteroatoms. The third kappa shape index (κ3) is 2.22. The Morgan fingerprint density at radius 3 is 3.00 bits per heavy atom. The van der Waals surface area contributed by atoms with Crippen molar-refractivity contribution >= 4 is 23.0 Å². The first-order valence-corrected chi connectivity index (χ1v) is 7.89. The molecule has 2 aliphatic carbocycles. The fourth-order valence-corrected chi connectivity index (χ4v) is 4.28. The lowest BCUT2D eigenvalue weighted by Crippen LogP contribution is -2.23. The van der Waals surface area contributed by atoms with Crippen molar-refractivity contribution in [3.8, 4) is 0 Å². The molecule has 0 saturated heterocycles. The molecule has 19 heavy (non-hydrogen) atoms. The lowest BCUT2D eigenvalue weighted by Gasteiger charge is -2.15. The molecule has 1 heterocycles. The summed E-state index contributed by atoms with van der Waals surface area (Å²) in [6, 6.07) is 4.02. The van der Waals surface area contributed by atoms with Crippen molar-refractivity contribution in [1.82, 2.24) is 5.43 Å². The van der Waals surface area contributed by atoms with E-state index >= 15 is 0 Å². The number of hydrogen-bond acceptors (Lipinski definition) is 3. The molecule has 0 aromatic carbocycles. The van der Waals surface area contributed by atoms with Crippen molar-refractivity contribution in [1.29, 1.82) is 0 Å². The highest BCUT2D eigenvalue weighted by Gasteiger charge is 2.64. The van der Waals surface area contributed by atoms with Crippen molar-refractivity contribution in [3.05, 3.63) is 22.4 Å². The Morgan fingerprint density at radius 2 is 2.37 bits per heavy atom. The Balaban J connectivity index is 1.62. The van der Waals surface area contributed by atoms with Gasteiger partial charge in [0.15, 0.2) is 0 Å². The van der Waals surface area contributed by atoms with Crippen LogP contribution in [0.3, 0.4) is 0 Å². The van der Waals surface area contributed by atoms with Gasteiger partial charge < -0.3 is 0 Å². The van der Waals surface area contributed by atoms with Crippen molar-refractivity contribution in [2.45, 2.75) is 39.5 Å². The fourth-order valence-electron chi connectivity index (χ4n) is 3.60. The third-order valence-corrected chi connectivity index (χ3v) is 5.80. The minimum Gasteiger partial charge on any atom is -0.273 e. The van der Waals surface area contributed by atoms with Crippen LogP contribution in [0.25, 0.3) is 0 Å². The maximum absolute atomic E-state index is 12.2. The van der Waals surface area contributed by atoms with Crippen LogP contribution in [0.2, 0.25) is 0 Å². The van der Waals surface area contributed by atoms with E-state index in [1.54, 1.807) is 11.3 Å². The van der Waals surface area contributed by atoms with Gasteiger partial charge in [0.2, 0.25) is 5.91 Å². The highest BCUT2D eigenvalue weighted by Crippen LogP contribution is 2.66. The predicted molar refractivity (Wildman–Crippen MR) is 78.2 cm³/mol. The molecule has 2 fully saturated rings. The van der Waals surface area contributed by atoms with Crippen molar-refractivity contribution < 1.29 is 4.79 Å². The van der Waals surface area contributed by atoms with E-state index in [4.69, 9.17) is 0 Å². The van der Waals surface area contributed by atoms with Crippen LogP contribution in [0, 0.1) is 17.3 Å². The van der Waals surface area contributed by atoms with E-state index in [0.717, 1.165) is 10.6 Å². The van der Waals surface area contributed by atoms with Crippen LogP contribution in [0.5, 0.6) is 0 Å². The zero-order chi connectivity index (χ0) is 13.5. The lowest BCUT2D eigenvalue weighted by atomic mass is 9.90. The molecule has 0 bridgehead atoms. The molecule has 3 unspecified atom stereocenters. The Hall–Kier alpha value is -1.16. The van der Waals surface area contributed by atoms with Gasteiger partial charge in [0, 0.05) is 10.8 Å². The molecule has 1 N–H and O–H groups in total. The summed E-state index contributed by atoms with van der Waals surface area (Å²) in [7, 11) is 0. The summed E-state index contributed by atoms with van der Waals surface area (Å²) in [5.74, 6) is 0.902. The number of fused-ring (bicyclic) bond motifs is 1. The van der Waals surface area contributed by atoms with Gasteiger partial charge in [0.05, 0.1) is 5.71 Å². The summed E-state index contributed by atoms with van der Waals surface area (Å²) in [6.07, 6.45) is 4.96. The highest BCUT2D eigenvalue weighted by atomic mass is 32.1. The molecule has 3 atom stereocenters. The van der Waals surface area contributed by atoms with Crippen molar-refractivity contribution in [3.63, 3.8) is 0 Å². The third-order valence-electron chi connectivity index (χ3n) is 4.83. The van der Waals surface area contributed by atoms with Gasteiger partial charge in [-0.25, -0.2) is 5.43 Å². The van der Waals surface area contributed by atoms with E-state index in [1.807, 2.05) is 24.4 Å². The van der Waals surface area contributed by atoms with Gasteiger partial charge in [-0.15, -0.1) is 11.3 Å². The first kappa shape index (κ1) is 12.9. The zero-order valence-corrected chi connectivity index (χ0v) is 12.3. The summed E-state index contributed by atoms with van der Waals surface area (Å²) in [4.78, 5) is 13.3. The number of nitrogens with zero attached hydrogens (tertiary/aromatic N) is 1. The number of thiophene rings is 1. The fraction of sp³-hybridized carbons (Fsp3) is 0.600. The van der Waals surface area contributed by atoms with Gasteiger partial charge in [-0.3, -0.25) is 4.79 Å². The topological polar surface area (TPSA) is 41.5 Å². The molecule has 1 amide bonds. The molecule has 0 aliphatic heterocycles. The Labute approximate surface area is 118 Å². The van der Waals surface area contributed by atoms with E-state index in [0.29, 0.717) is 5.92 Å². The van der Waals surface area contributed by atoms with E-state index in [1.165, 1.54) is 25.7 Å². The molecular weight excluding hydrogens is 256 g/mol. The molecule has 102 valence electrons. The van der Waals surface area contributed by atoms with Crippen LogP contribution in [-0.2, 0) is 4.79 Å². The number of hydrazone groups is 1. The average Bonchev–Trinajstić information content (AvgIpc) is 2.77. The molecule has 3 rings (SSSR count). The van der Waals surface area contributed by atoms with Gasteiger partial charge in [-0.2, -0.15) is 5.10 Å². The summed E-state index contributed by atoms with van der Waals surface area (Å²) < 4.78 is 0. The summed E-state index contributed by atoms with van der Waals surface area (Å²) in [5.41, 5.74) is 3.91. The molecule has 1 aromatic heterocycles. The summed E-state index contributed by atoms with van der Waals surface area (Å²) in [6.45, 7) is 4.20. The van der Waals surface area contributed by atoms with Gasteiger partial charge in [0.1, 0.15) is 0 Å². The number of carbonyl (C=O) groups excluding carboxylic acids is 1. The largest absolute Gasteiger partial charge is 0.273 e. The van der Waals surface area contributed by atoms with Crippen LogP contribution in [-0.4, -0.2) is 11.6 Å². The van der Waals surface area contributed by atoms with Crippen LogP contribution < -0.4 is 5.43 Å². The van der Waals surface area contributed by atoms with Crippen molar-refractivity contribution in [2.75, 3.05) is 0 Å². The second kappa shape index (κ2) is 4.75. The van der Waals surface area contributed by atoms with Gasteiger partial charge in [0.25, 0.3) is 0 Å². The Morgan fingerprint density at radius 1 is 1.53 bits per heavy atom. The number of nitrogens with one attached hydrogen (secondary N) is 1. The van der Waals surface area contributed by atoms with Crippen LogP contribution in [0.15, 0.2) is 22.6 Å². The molecule has 2 aliphatic rings. The van der Waals surface area contributed by atoms with Gasteiger partial charge in [-0.1, -0.05) is 25.8 Å². The second-order valence-electron chi connectivity index (χ2n) is 5.99. The normalized spacial score (nSPS) is 33.7. The minimum atomic E-state index is 0.116. The second-order valence-corrected chi connectivity index (χ2v) is 6.93. The van der Waals surface area contributed by atoms with Crippen LogP contribution in [0.1, 0.15) is 44.4 Å². The zero-order valence-electron chi connectivity index (χ0n) is 11.5. The summed E-state index contributed by atoms with van der Waals surface area (Å²) >= 11 is 1.64. The lowest BCUT2D eigenvalue weighted by molar-refractivity contribution is -0.123. The molecule has 1 aromatic rings. The smallest absolute Gasteiger partial charge is 0.244 e. The van der Waals surface area contributed by atoms with Crippen LogP contribution >= 0.6 is 11.3 Å². The van der Waals surface area contributed by atoms with E-state index in [2.05, 4.69) is 17.5 Å². The number of carbonyl (C=O) groups is 1. The molecule has 0 spiro atoms. The highest BCUT2D eigenvalue weighted by molar-refractivity contribution is 7.12. The maximum atomic E-state index is 12.2. The molecule has 3 nitrogen and oxygen atoms in total. The van der Waals surface area contributed by atoms with Gasteiger partial charge >= 0.3 is 0 Å². The molecule has 0 radical (unpaired) electrons.